The maximum absolute atomic E-state index is 12.2. The third kappa shape index (κ3) is 5.44. The monoisotopic (exact) mass is 414 g/mol. The number of nitrogens with one attached hydrogen (secondary N) is 1. The van der Waals surface area contributed by atoms with Crippen LogP contribution in [-0.4, -0.2) is 25.7 Å². The number of nitrogens with two attached hydrogens (primary N) is 1. The number of benzene rings is 2. The number of nitro groups is 1. The van der Waals surface area contributed by atoms with Gasteiger partial charge in [-0.2, -0.15) is 13.9 Å². The Kier molecular flexibility index (Phi) is 6.59. The summed E-state index contributed by atoms with van der Waals surface area (Å²) in [5, 5.41) is 20.3. The van der Waals surface area contributed by atoms with Crippen LogP contribution in [-0.2, 0) is 10.0 Å². The van der Waals surface area contributed by atoms with Crippen LogP contribution in [0.1, 0.15) is 18.9 Å². The number of anilines is 1. The zero-order valence-electron chi connectivity index (χ0n) is 14.5. The van der Waals surface area contributed by atoms with Crippen molar-refractivity contribution < 1.29 is 26.9 Å². The zero-order chi connectivity index (χ0) is 20.9. The summed E-state index contributed by atoms with van der Waals surface area (Å²) in [5.41, 5.74) is 3.03. The van der Waals surface area contributed by atoms with Gasteiger partial charge in [0.05, 0.1) is 15.5 Å². The molecule has 150 valence electrons. The summed E-state index contributed by atoms with van der Waals surface area (Å²) in [6.45, 7) is -1.16. The fraction of sp³-hybridized carbons (Fsp3) is 0.188. The van der Waals surface area contributed by atoms with Crippen molar-refractivity contribution in [2.45, 2.75) is 24.9 Å². The van der Waals surface area contributed by atoms with Crippen LogP contribution >= 0.6 is 0 Å². The second-order valence-corrected chi connectivity index (χ2v) is 6.97. The summed E-state index contributed by atoms with van der Waals surface area (Å²) < 4.78 is 51.4. The number of hydrogen-bond donors (Lipinski definition) is 2. The zero-order valence-corrected chi connectivity index (χ0v) is 15.3. The average molecular weight is 414 g/mol. The van der Waals surface area contributed by atoms with Crippen molar-refractivity contribution in [2.75, 3.05) is 5.43 Å². The lowest BCUT2D eigenvalue weighted by atomic mass is 10.1. The first-order valence-corrected chi connectivity index (χ1v) is 9.35. The van der Waals surface area contributed by atoms with Crippen LogP contribution in [0.4, 0.5) is 20.2 Å². The first kappa shape index (κ1) is 21.2. The molecule has 0 saturated carbocycles. The van der Waals surface area contributed by atoms with Gasteiger partial charge in [-0.3, -0.25) is 15.5 Å². The molecule has 0 aliphatic carbocycles. The van der Waals surface area contributed by atoms with E-state index < -0.39 is 32.1 Å². The van der Waals surface area contributed by atoms with E-state index in [2.05, 4.69) is 15.3 Å². The first-order valence-electron chi connectivity index (χ1n) is 7.81. The number of primary sulfonamides is 1. The van der Waals surface area contributed by atoms with E-state index in [1.807, 2.05) is 0 Å². The summed E-state index contributed by atoms with van der Waals surface area (Å²) in [6, 6.07) is 8.83. The van der Waals surface area contributed by atoms with E-state index in [-0.39, 0.29) is 11.4 Å². The lowest BCUT2D eigenvalue weighted by molar-refractivity contribution is -0.384. The van der Waals surface area contributed by atoms with Crippen molar-refractivity contribution in [1.82, 2.24) is 0 Å². The molecule has 0 aliphatic heterocycles. The molecule has 12 heteroatoms. The van der Waals surface area contributed by atoms with Gasteiger partial charge in [0, 0.05) is 6.07 Å². The van der Waals surface area contributed by atoms with E-state index >= 15 is 0 Å². The van der Waals surface area contributed by atoms with Crippen LogP contribution in [0.5, 0.6) is 5.75 Å². The minimum absolute atomic E-state index is 0.0172. The van der Waals surface area contributed by atoms with Crippen molar-refractivity contribution in [1.29, 1.82) is 0 Å². The first-order chi connectivity index (χ1) is 13.1. The molecule has 0 spiro atoms. The lowest BCUT2D eigenvalue weighted by Crippen LogP contribution is -2.12. The Morgan fingerprint density at radius 2 is 1.93 bits per heavy atom. The molecule has 0 aromatic heterocycles. The number of hydrogen-bond acceptors (Lipinski definition) is 7. The van der Waals surface area contributed by atoms with E-state index in [0.29, 0.717) is 17.7 Å². The Balaban J connectivity index is 2.30. The summed E-state index contributed by atoms with van der Waals surface area (Å²) in [7, 11) is -4.10. The highest BCUT2D eigenvalue weighted by atomic mass is 32.2. The molecule has 28 heavy (non-hydrogen) atoms. The summed E-state index contributed by atoms with van der Waals surface area (Å²) in [6.07, 6.45) is 0.422. The van der Waals surface area contributed by atoms with Crippen LogP contribution < -0.4 is 15.3 Å². The Labute approximate surface area is 159 Å². The van der Waals surface area contributed by atoms with Crippen LogP contribution in [0.3, 0.4) is 0 Å². The van der Waals surface area contributed by atoms with Gasteiger partial charge in [0.25, 0.3) is 5.69 Å². The minimum atomic E-state index is -4.10. The van der Waals surface area contributed by atoms with E-state index in [1.165, 1.54) is 30.3 Å². The van der Waals surface area contributed by atoms with Gasteiger partial charge in [-0.25, -0.2) is 13.6 Å². The van der Waals surface area contributed by atoms with E-state index in [4.69, 9.17) is 5.14 Å². The smallest absolute Gasteiger partial charge is 0.387 e. The lowest BCUT2D eigenvalue weighted by Gasteiger charge is -2.09. The van der Waals surface area contributed by atoms with E-state index in [9.17, 15) is 27.3 Å². The third-order valence-electron chi connectivity index (χ3n) is 3.55. The van der Waals surface area contributed by atoms with E-state index in [0.717, 1.165) is 12.1 Å². The minimum Gasteiger partial charge on any atom is -0.435 e. The fourth-order valence-corrected chi connectivity index (χ4v) is 2.77. The number of nitrogens with zero attached hydrogens (tertiary/aromatic N) is 2. The molecule has 0 bridgehead atoms. The molecule has 0 saturated heterocycles. The molecule has 0 atom stereocenters. The molecular formula is C16H16F2N4O5S. The number of nitro benzene ring substituents is 1. The van der Waals surface area contributed by atoms with Crippen molar-refractivity contribution in [2.24, 2.45) is 10.2 Å². The molecule has 2 rings (SSSR count). The van der Waals surface area contributed by atoms with Crippen LogP contribution in [0, 0.1) is 10.1 Å². The van der Waals surface area contributed by atoms with Gasteiger partial charge in [-0.15, -0.1) is 0 Å². The number of alkyl halides is 2. The Morgan fingerprint density at radius 3 is 2.43 bits per heavy atom. The number of ether oxygens (including phenoxy) is 1. The summed E-state index contributed by atoms with van der Waals surface area (Å²) in [4.78, 5) is 10.0. The Morgan fingerprint density at radius 1 is 1.29 bits per heavy atom. The SMILES string of the molecule is CC/C(=N/Nc1ccc(S(N)(=O)=O)cc1[N+](=O)[O-])c1ccc(OC(F)F)cc1. The van der Waals surface area contributed by atoms with Gasteiger partial charge in [0.15, 0.2) is 0 Å². The quantitative estimate of drug-likeness (QED) is 0.387. The van der Waals surface area contributed by atoms with Gasteiger partial charge < -0.3 is 4.74 Å². The van der Waals surface area contributed by atoms with Crippen LogP contribution in [0.2, 0.25) is 0 Å². The molecule has 2 aromatic carbocycles. The molecule has 0 heterocycles. The predicted molar refractivity (Wildman–Crippen MR) is 98.0 cm³/mol. The molecule has 0 amide bonds. The standard InChI is InChI=1S/C16H16F2N4O5S/c1-2-13(10-3-5-11(6-4-10)27-16(17)18)20-21-14-8-7-12(28(19,25)26)9-15(14)22(23)24/h3-9,16,21H,2H2,1H3,(H2,19,25,26)/b20-13-. The summed E-state index contributed by atoms with van der Waals surface area (Å²) in [5.74, 6) is -0.0172. The van der Waals surface area contributed by atoms with Crippen LogP contribution in [0.25, 0.3) is 0 Å². The molecule has 0 fully saturated rings. The highest BCUT2D eigenvalue weighted by Gasteiger charge is 2.19. The predicted octanol–water partition coefficient (Wildman–Crippen LogP) is 3.07. The second kappa shape index (κ2) is 8.71. The topological polar surface area (TPSA) is 137 Å². The second-order valence-electron chi connectivity index (χ2n) is 5.41. The Hall–Kier alpha value is -3.12. The van der Waals surface area contributed by atoms with Gasteiger partial charge in [0.1, 0.15) is 11.4 Å². The van der Waals surface area contributed by atoms with Gasteiger partial charge >= 0.3 is 6.61 Å². The van der Waals surface area contributed by atoms with Crippen molar-refractivity contribution in [3.63, 3.8) is 0 Å². The van der Waals surface area contributed by atoms with Crippen molar-refractivity contribution in [3.8, 4) is 5.75 Å². The van der Waals surface area contributed by atoms with Crippen molar-refractivity contribution >= 4 is 27.1 Å². The fourth-order valence-electron chi connectivity index (χ4n) is 2.24. The highest BCUT2D eigenvalue weighted by Crippen LogP contribution is 2.27. The normalized spacial score (nSPS) is 12.1. The molecular weight excluding hydrogens is 398 g/mol. The molecule has 2 aromatic rings. The largest absolute Gasteiger partial charge is 0.435 e. The highest BCUT2D eigenvalue weighted by molar-refractivity contribution is 7.89. The average Bonchev–Trinajstić information content (AvgIpc) is 2.62. The molecule has 3 N–H and O–H groups in total. The van der Waals surface area contributed by atoms with Crippen molar-refractivity contribution in [3.05, 3.63) is 58.1 Å². The van der Waals surface area contributed by atoms with Gasteiger partial charge in [0.2, 0.25) is 10.0 Å². The molecule has 0 radical (unpaired) electrons. The maximum Gasteiger partial charge on any atom is 0.387 e. The molecule has 0 unspecified atom stereocenters. The summed E-state index contributed by atoms with van der Waals surface area (Å²) >= 11 is 0. The van der Waals surface area contributed by atoms with Crippen LogP contribution in [0.15, 0.2) is 52.5 Å². The number of hydrazone groups is 1. The number of rotatable bonds is 8. The number of sulfonamides is 1. The molecule has 0 aliphatic rings. The molecule has 9 nitrogen and oxygen atoms in total. The van der Waals surface area contributed by atoms with Gasteiger partial charge in [-0.1, -0.05) is 6.92 Å². The Bertz CT molecular complexity index is 995. The third-order valence-corrected chi connectivity index (χ3v) is 4.46. The van der Waals surface area contributed by atoms with E-state index in [1.54, 1.807) is 6.92 Å². The number of halogens is 2. The van der Waals surface area contributed by atoms with Gasteiger partial charge in [-0.05, 0) is 48.4 Å². The maximum atomic E-state index is 12.2.